The first-order chi connectivity index (χ1) is 10.3. The van der Waals surface area contributed by atoms with Crippen LogP contribution in [0.5, 0.6) is 0 Å². The summed E-state index contributed by atoms with van der Waals surface area (Å²) in [5.74, 6) is 0. The molecule has 0 amide bonds. The van der Waals surface area contributed by atoms with Crippen LogP contribution in [0.2, 0.25) is 0 Å². The van der Waals surface area contributed by atoms with E-state index in [1.807, 2.05) is 35.3 Å². The summed E-state index contributed by atoms with van der Waals surface area (Å²) in [7, 11) is 0. The van der Waals surface area contributed by atoms with E-state index in [4.69, 9.17) is 5.11 Å². The Morgan fingerprint density at radius 2 is 2.14 bits per heavy atom. The lowest BCUT2D eigenvalue weighted by molar-refractivity contribution is 0.269. The molecule has 2 N–H and O–H groups in total. The van der Waals surface area contributed by atoms with Gasteiger partial charge in [0.15, 0.2) is 0 Å². The molecule has 0 saturated heterocycles. The molecule has 0 unspecified atom stereocenters. The predicted octanol–water partition coefficient (Wildman–Crippen LogP) is 1.67. The SMILES string of the molecule is OCCn1cc(NCc2cccc(-n3cccn3)c2)cn1. The summed E-state index contributed by atoms with van der Waals surface area (Å²) in [5, 5.41) is 20.6. The first-order valence-electron chi connectivity index (χ1n) is 6.81. The Morgan fingerprint density at radius 1 is 1.19 bits per heavy atom. The third-order valence-corrected chi connectivity index (χ3v) is 3.14. The van der Waals surface area contributed by atoms with Crippen molar-refractivity contribution in [3.05, 3.63) is 60.7 Å². The summed E-state index contributed by atoms with van der Waals surface area (Å²) in [6.07, 6.45) is 7.33. The summed E-state index contributed by atoms with van der Waals surface area (Å²) in [5.41, 5.74) is 3.14. The average molecular weight is 283 g/mol. The van der Waals surface area contributed by atoms with Gasteiger partial charge in [-0.05, 0) is 23.8 Å². The second-order valence-corrected chi connectivity index (χ2v) is 4.69. The van der Waals surface area contributed by atoms with Crippen molar-refractivity contribution in [1.29, 1.82) is 0 Å². The van der Waals surface area contributed by atoms with Gasteiger partial charge in [0.2, 0.25) is 0 Å². The second-order valence-electron chi connectivity index (χ2n) is 4.69. The van der Waals surface area contributed by atoms with Gasteiger partial charge in [0.1, 0.15) is 0 Å². The third-order valence-electron chi connectivity index (χ3n) is 3.14. The Kier molecular flexibility index (Phi) is 3.97. The minimum Gasteiger partial charge on any atom is -0.394 e. The van der Waals surface area contributed by atoms with Crippen molar-refractivity contribution in [1.82, 2.24) is 19.6 Å². The fraction of sp³-hybridized carbons (Fsp3) is 0.200. The zero-order valence-electron chi connectivity index (χ0n) is 11.6. The van der Waals surface area contributed by atoms with E-state index in [9.17, 15) is 0 Å². The molecule has 0 aliphatic rings. The van der Waals surface area contributed by atoms with Crippen LogP contribution in [0.4, 0.5) is 5.69 Å². The fourth-order valence-corrected chi connectivity index (χ4v) is 2.11. The van der Waals surface area contributed by atoms with Crippen LogP contribution in [0.3, 0.4) is 0 Å². The Labute approximate surface area is 122 Å². The van der Waals surface area contributed by atoms with Crippen molar-refractivity contribution in [2.24, 2.45) is 0 Å². The average Bonchev–Trinajstić information content (AvgIpc) is 3.18. The molecule has 0 aliphatic heterocycles. The van der Waals surface area contributed by atoms with Gasteiger partial charge in [-0.3, -0.25) is 4.68 Å². The maximum absolute atomic E-state index is 8.87. The fourth-order valence-electron chi connectivity index (χ4n) is 2.11. The molecule has 3 rings (SSSR count). The largest absolute Gasteiger partial charge is 0.394 e. The first-order valence-corrected chi connectivity index (χ1v) is 6.81. The Bertz CT molecular complexity index is 690. The summed E-state index contributed by atoms with van der Waals surface area (Å²) in [6, 6.07) is 10.1. The van der Waals surface area contributed by atoms with Crippen LogP contribution >= 0.6 is 0 Å². The molecule has 0 saturated carbocycles. The molecule has 6 nitrogen and oxygen atoms in total. The second kappa shape index (κ2) is 6.23. The van der Waals surface area contributed by atoms with Crippen molar-refractivity contribution in [2.75, 3.05) is 11.9 Å². The Hall–Kier alpha value is -2.60. The van der Waals surface area contributed by atoms with E-state index in [-0.39, 0.29) is 6.61 Å². The number of aromatic nitrogens is 4. The molecule has 2 heterocycles. The number of hydrogen-bond acceptors (Lipinski definition) is 4. The normalized spacial score (nSPS) is 10.7. The molecular weight excluding hydrogens is 266 g/mol. The molecule has 2 aromatic heterocycles. The van der Waals surface area contributed by atoms with Crippen molar-refractivity contribution < 1.29 is 5.11 Å². The van der Waals surface area contributed by atoms with E-state index in [0.717, 1.165) is 16.9 Å². The maximum atomic E-state index is 8.87. The van der Waals surface area contributed by atoms with Gasteiger partial charge in [0, 0.05) is 25.1 Å². The number of hydrogen-bond donors (Lipinski definition) is 2. The van der Waals surface area contributed by atoms with E-state index in [1.165, 1.54) is 0 Å². The molecule has 0 atom stereocenters. The van der Waals surface area contributed by atoms with Gasteiger partial charge in [-0.2, -0.15) is 10.2 Å². The highest BCUT2D eigenvalue weighted by Crippen LogP contribution is 2.12. The number of benzene rings is 1. The topological polar surface area (TPSA) is 67.9 Å². The number of anilines is 1. The van der Waals surface area contributed by atoms with Crippen LogP contribution < -0.4 is 5.32 Å². The lowest BCUT2D eigenvalue weighted by atomic mass is 10.2. The molecular formula is C15H17N5O. The van der Waals surface area contributed by atoms with E-state index in [1.54, 1.807) is 17.1 Å². The number of nitrogens with one attached hydrogen (secondary N) is 1. The standard InChI is InChI=1S/C15H17N5O/c21-8-7-19-12-14(11-18-19)16-10-13-3-1-4-15(9-13)20-6-2-5-17-20/h1-6,9,11-12,16,21H,7-8,10H2. The minimum absolute atomic E-state index is 0.0903. The zero-order valence-corrected chi connectivity index (χ0v) is 11.6. The number of rotatable bonds is 6. The van der Waals surface area contributed by atoms with Crippen molar-refractivity contribution in [3.8, 4) is 5.69 Å². The Morgan fingerprint density at radius 3 is 2.95 bits per heavy atom. The number of aliphatic hydroxyl groups is 1. The van der Waals surface area contributed by atoms with Gasteiger partial charge in [0.05, 0.1) is 30.7 Å². The minimum atomic E-state index is 0.0903. The van der Waals surface area contributed by atoms with Crippen LogP contribution in [-0.2, 0) is 13.1 Å². The molecule has 0 fully saturated rings. The summed E-state index contributed by atoms with van der Waals surface area (Å²) in [4.78, 5) is 0. The van der Waals surface area contributed by atoms with Crippen molar-refractivity contribution in [3.63, 3.8) is 0 Å². The molecule has 0 aliphatic carbocycles. The lowest BCUT2D eigenvalue weighted by Gasteiger charge is -2.06. The maximum Gasteiger partial charge on any atom is 0.0729 e. The van der Waals surface area contributed by atoms with Gasteiger partial charge in [0.25, 0.3) is 0 Å². The van der Waals surface area contributed by atoms with Gasteiger partial charge >= 0.3 is 0 Å². The molecule has 0 radical (unpaired) electrons. The molecule has 0 spiro atoms. The van der Waals surface area contributed by atoms with E-state index in [0.29, 0.717) is 13.1 Å². The monoisotopic (exact) mass is 283 g/mol. The quantitative estimate of drug-likeness (QED) is 0.722. The van der Waals surface area contributed by atoms with Crippen LogP contribution in [0.25, 0.3) is 5.69 Å². The van der Waals surface area contributed by atoms with Gasteiger partial charge in [-0.1, -0.05) is 12.1 Å². The van der Waals surface area contributed by atoms with Crippen molar-refractivity contribution in [2.45, 2.75) is 13.1 Å². The summed E-state index contributed by atoms with van der Waals surface area (Å²) >= 11 is 0. The molecule has 108 valence electrons. The van der Waals surface area contributed by atoms with Crippen LogP contribution in [0.15, 0.2) is 55.1 Å². The summed E-state index contributed by atoms with van der Waals surface area (Å²) < 4.78 is 3.55. The smallest absolute Gasteiger partial charge is 0.0729 e. The van der Waals surface area contributed by atoms with E-state index in [2.05, 4.69) is 27.6 Å². The van der Waals surface area contributed by atoms with Gasteiger partial charge < -0.3 is 10.4 Å². The van der Waals surface area contributed by atoms with Crippen LogP contribution in [0, 0.1) is 0 Å². The van der Waals surface area contributed by atoms with Gasteiger partial charge in [-0.15, -0.1) is 0 Å². The van der Waals surface area contributed by atoms with Crippen LogP contribution in [-0.4, -0.2) is 31.3 Å². The number of nitrogens with zero attached hydrogens (tertiary/aromatic N) is 4. The predicted molar refractivity (Wildman–Crippen MR) is 80.2 cm³/mol. The molecule has 0 bridgehead atoms. The first kappa shape index (κ1) is 13.4. The Balaban J connectivity index is 1.66. The number of aliphatic hydroxyl groups excluding tert-OH is 1. The molecule has 3 aromatic rings. The molecule has 6 heteroatoms. The summed E-state index contributed by atoms with van der Waals surface area (Å²) in [6.45, 7) is 1.31. The lowest BCUT2D eigenvalue weighted by Crippen LogP contribution is -2.02. The van der Waals surface area contributed by atoms with Crippen molar-refractivity contribution >= 4 is 5.69 Å². The highest BCUT2D eigenvalue weighted by molar-refractivity contribution is 5.41. The third kappa shape index (κ3) is 3.29. The highest BCUT2D eigenvalue weighted by Gasteiger charge is 2.01. The van der Waals surface area contributed by atoms with Crippen LogP contribution in [0.1, 0.15) is 5.56 Å². The van der Waals surface area contributed by atoms with E-state index < -0.39 is 0 Å². The highest BCUT2D eigenvalue weighted by atomic mass is 16.3. The molecule has 1 aromatic carbocycles. The molecule has 21 heavy (non-hydrogen) atoms. The van der Waals surface area contributed by atoms with Gasteiger partial charge in [-0.25, -0.2) is 4.68 Å². The van der Waals surface area contributed by atoms with E-state index >= 15 is 0 Å². The zero-order chi connectivity index (χ0) is 14.5.